The number of para-hydroxylation sites is 1. The Labute approximate surface area is 146 Å². The van der Waals surface area contributed by atoms with E-state index in [1.807, 2.05) is 30.3 Å². The zero-order chi connectivity index (χ0) is 16.9. The lowest BCUT2D eigenvalue weighted by Crippen LogP contribution is -2.43. The second-order valence-corrected chi connectivity index (χ2v) is 6.39. The zero-order valence-electron chi connectivity index (χ0n) is 13.2. The molecule has 0 spiro atoms. The van der Waals surface area contributed by atoms with E-state index in [0.29, 0.717) is 23.7 Å². The van der Waals surface area contributed by atoms with Crippen molar-refractivity contribution in [2.75, 3.05) is 18.4 Å². The van der Waals surface area contributed by atoms with E-state index >= 15 is 0 Å². The average Bonchev–Trinajstić information content (AvgIpc) is 2.63. The molecular formula is C19H19ClN2O2. The monoisotopic (exact) mass is 342 g/mol. The molecule has 1 fully saturated rings. The molecule has 5 heteroatoms. The summed E-state index contributed by atoms with van der Waals surface area (Å²) in [6.07, 6.45) is 1.62. The quantitative estimate of drug-likeness (QED) is 0.921. The summed E-state index contributed by atoms with van der Waals surface area (Å²) >= 11 is 5.87. The number of rotatable bonds is 3. The Kier molecular flexibility index (Phi) is 5.16. The lowest BCUT2D eigenvalue weighted by Gasteiger charge is -2.32. The molecule has 2 amide bonds. The van der Waals surface area contributed by atoms with Crippen molar-refractivity contribution < 1.29 is 9.59 Å². The van der Waals surface area contributed by atoms with Gasteiger partial charge in [-0.2, -0.15) is 0 Å². The van der Waals surface area contributed by atoms with Crippen molar-refractivity contribution in [3.8, 4) is 0 Å². The molecule has 0 unspecified atom stereocenters. The van der Waals surface area contributed by atoms with Gasteiger partial charge in [-0.25, -0.2) is 0 Å². The van der Waals surface area contributed by atoms with Crippen LogP contribution >= 0.6 is 11.6 Å². The minimum atomic E-state index is -0.185. The van der Waals surface area contributed by atoms with Crippen LogP contribution in [0.5, 0.6) is 0 Å². The summed E-state index contributed by atoms with van der Waals surface area (Å²) in [7, 11) is 0. The maximum Gasteiger partial charge on any atom is 0.253 e. The van der Waals surface area contributed by atoms with E-state index in [2.05, 4.69) is 5.32 Å². The lowest BCUT2D eigenvalue weighted by molar-refractivity contribution is -0.121. The number of amides is 2. The number of hydrogen-bond donors (Lipinski definition) is 1. The number of hydrogen-bond acceptors (Lipinski definition) is 2. The predicted molar refractivity (Wildman–Crippen MR) is 95.2 cm³/mol. The minimum absolute atomic E-state index is 0.0326. The van der Waals surface area contributed by atoms with Gasteiger partial charge in [0.15, 0.2) is 0 Å². The largest absolute Gasteiger partial charge is 0.338 e. The fourth-order valence-corrected chi connectivity index (χ4v) is 3.04. The van der Waals surface area contributed by atoms with Gasteiger partial charge in [-0.15, -0.1) is 0 Å². The van der Waals surface area contributed by atoms with Crippen LogP contribution in [0.25, 0.3) is 0 Å². The third-order valence-electron chi connectivity index (χ3n) is 4.21. The summed E-state index contributed by atoms with van der Waals surface area (Å²) in [6, 6.07) is 16.2. The third-order valence-corrected chi connectivity index (χ3v) is 4.46. The summed E-state index contributed by atoms with van der Waals surface area (Å²) in [4.78, 5) is 26.8. The van der Waals surface area contributed by atoms with Gasteiger partial charge in [0.25, 0.3) is 5.91 Å². The molecule has 2 aromatic carbocycles. The van der Waals surface area contributed by atoms with Crippen molar-refractivity contribution in [2.45, 2.75) is 12.8 Å². The van der Waals surface area contributed by atoms with Gasteiger partial charge in [0.1, 0.15) is 0 Å². The van der Waals surface area contributed by atoms with Crippen LogP contribution < -0.4 is 5.32 Å². The van der Waals surface area contributed by atoms with Gasteiger partial charge in [-0.05, 0) is 49.2 Å². The van der Waals surface area contributed by atoms with Gasteiger partial charge in [-0.3, -0.25) is 9.59 Å². The number of anilines is 1. The smallest absolute Gasteiger partial charge is 0.253 e. The molecule has 0 radical (unpaired) electrons. The van der Waals surface area contributed by atoms with E-state index in [9.17, 15) is 9.59 Å². The molecule has 1 atom stereocenters. The number of benzene rings is 2. The Hall–Kier alpha value is -2.33. The highest BCUT2D eigenvalue weighted by atomic mass is 35.5. The molecule has 1 N–H and O–H groups in total. The average molecular weight is 343 g/mol. The standard InChI is InChI=1S/C19H19ClN2O2/c20-16-10-8-14(9-11-16)19(24)22-12-4-5-15(13-22)18(23)21-17-6-2-1-3-7-17/h1-3,6-11,15H,4-5,12-13H2,(H,21,23)/t15-/m1/s1. The molecule has 0 bridgehead atoms. The number of carbonyl (C=O) groups is 2. The third kappa shape index (κ3) is 3.95. The second kappa shape index (κ2) is 7.49. The molecule has 124 valence electrons. The first kappa shape index (κ1) is 16.5. The van der Waals surface area contributed by atoms with Crippen molar-refractivity contribution in [3.63, 3.8) is 0 Å². The van der Waals surface area contributed by atoms with Crippen molar-refractivity contribution >= 4 is 29.1 Å². The topological polar surface area (TPSA) is 49.4 Å². The molecule has 0 aromatic heterocycles. The highest BCUT2D eigenvalue weighted by Gasteiger charge is 2.28. The Morgan fingerprint density at radius 1 is 1.04 bits per heavy atom. The molecule has 0 aliphatic carbocycles. The van der Waals surface area contributed by atoms with E-state index in [0.717, 1.165) is 18.5 Å². The lowest BCUT2D eigenvalue weighted by atomic mass is 9.96. The molecule has 24 heavy (non-hydrogen) atoms. The summed E-state index contributed by atoms with van der Waals surface area (Å²) < 4.78 is 0. The van der Waals surface area contributed by atoms with Crippen LogP contribution in [-0.2, 0) is 4.79 Å². The molecule has 2 aromatic rings. The zero-order valence-corrected chi connectivity index (χ0v) is 14.0. The fourth-order valence-electron chi connectivity index (χ4n) is 2.92. The minimum Gasteiger partial charge on any atom is -0.338 e. The molecule has 0 saturated carbocycles. The van der Waals surface area contributed by atoms with Crippen LogP contribution in [0.3, 0.4) is 0 Å². The van der Waals surface area contributed by atoms with E-state index in [-0.39, 0.29) is 17.7 Å². The number of halogens is 1. The van der Waals surface area contributed by atoms with Gasteiger partial charge in [0, 0.05) is 29.4 Å². The summed E-state index contributed by atoms with van der Waals surface area (Å²) in [5.41, 5.74) is 1.38. The molecule has 4 nitrogen and oxygen atoms in total. The van der Waals surface area contributed by atoms with Crippen molar-refractivity contribution in [1.29, 1.82) is 0 Å². The van der Waals surface area contributed by atoms with Gasteiger partial charge >= 0.3 is 0 Å². The van der Waals surface area contributed by atoms with Gasteiger partial charge in [0.2, 0.25) is 5.91 Å². The Balaban J connectivity index is 1.64. The summed E-state index contributed by atoms with van der Waals surface area (Å²) in [6.45, 7) is 1.12. The van der Waals surface area contributed by atoms with E-state index in [1.165, 1.54) is 0 Å². The molecule has 1 aliphatic heterocycles. The molecule has 1 aliphatic rings. The highest BCUT2D eigenvalue weighted by Crippen LogP contribution is 2.21. The van der Waals surface area contributed by atoms with Crippen molar-refractivity contribution in [3.05, 3.63) is 65.2 Å². The van der Waals surface area contributed by atoms with Crippen LogP contribution in [0, 0.1) is 5.92 Å². The van der Waals surface area contributed by atoms with E-state index in [1.54, 1.807) is 29.2 Å². The van der Waals surface area contributed by atoms with Gasteiger partial charge < -0.3 is 10.2 Å². The number of nitrogens with one attached hydrogen (secondary N) is 1. The Bertz CT molecular complexity index is 716. The fraction of sp³-hybridized carbons (Fsp3) is 0.263. The first-order valence-corrected chi connectivity index (χ1v) is 8.42. The van der Waals surface area contributed by atoms with E-state index < -0.39 is 0 Å². The first-order chi connectivity index (χ1) is 11.6. The maximum absolute atomic E-state index is 12.6. The number of piperidine rings is 1. The molecule has 1 saturated heterocycles. The van der Waals surface area contributed by atoms with Crippen LogP contribution in [-0.4, -0.2) is 29.8 Å². The van der Waals surface area contributed by atoms with Crippen LogP contribution in [0.1, 0.15) is 23.2 Å². The first-order valence-electron chi connectivity index (χ1n) is 8.04. The van der Waals surface area contributed by atoms with Crippen LogP contribution in [0.15, 0.2) is 54.6 Å². The number of likely N-dealkylation sites (tertiary alicyclic amines) is 1. The van der Waals surface area contributed by atoms with Crippen molar-refractivity contribution in [1.82, 2.24) is 4.90 Å². The maximum atomic E-state index is 12.6. The van der Waals surface area contributed by atoms with Crippen molar-refractivity contribution in [2.24, 2.45) is 5.92 Å². The Morgan fingerprint density at radius 3 is 2.46 bits per heavy atom. The SMILES string of the molecule is O=C(Nc1ccccc1)[C@@H]1CCCN(C(=O)c2ccc(Cl)cc2)C1. The normalized spacial score (nSPS) is 17.4. The van der Waals surface area contributed by atoms with Crippen LogP contribution in [0.4, 0.5) is 5.69 Å². The van der Waals surface area contributed by atoms with Gasteiger partial charge in [-0.1, -0.05) is 29.8 Å². The highest BCUT2D eigenvalue weighted by molar-refractivity contribution is 6.30. The number of carbonyl (C=O) groups excluding carboxylic acids is 2. The number of nitrogens with zero attached hydrogens (tertiary/aromatic N) is 1. The second-order valence-electron chi connectivity index (χ2n) is 5.95. The molecule has 3 rings (SSSR count). The predicted octanol–water partition coefficient (Wildman–Crippen LogP) is 3.83. The van der Waals surface area contributed by atoms with Gasteiger partial charge in [0.05, 0.1) is 5.92 Å². The summed E-state index contributed by atoms with van der Waals surface area (Å²) in [5, 5.41) is 3.53. The summed E-state index contributed by atoms with van der Waals surface area (Å²) in [5.74, 6) is -0.270. The Morgan fingerprint density at radius 2 is 1.75 bits per heavy atom. The molecule has 1 heterocycles. The van der Waals surface area contributed by atoms with Crippen LogP contribution in [0.2, 0.25) is 5.02 Å². The van der Waals surface area contributed by atoms with E-state index in [4.69, 9.17) is 11.6 Å². The molecular weight excluding hydrogens is 324 g/mol.